The summed E-state index contributed by atoms with van der Waals surface area (Å²) < 4.78 is 0. The summed E-state index contributed by atoms with van der Waals surface area (Å²) in [6, 6.07) is 34.2. The summed E-state index contributed by atoms with van der Waals surface area (Å²) in [5.41, 5.74) is 7.22. The zero-order chi connectivity index (χ0) is 26.2. The molecule has 5 aromatic rings. The molecule has 4 unspecified atom stereocenters. The summed E-state index contributed by atoms with van der Waals surface area (Å²) in [6.45, 7) is 0. The lowest BCUT2D eigenvalue weighted by molar-refractivity contribution is 0.312. The smallest absolute Gasteiger partial charge is 0.136 e. The van der Waals surface area contributed by atoms with Crippen LogP contribution in [0.3, 0.4) is 0 Å². The molecule has 8 bridgehead atoms. The van der Waals surface area contributed by atoms with Crippen molar-refractivity contribution in [2.45, 2.75) is 30.8 Å². The number of aromatic nitrogens is 1. The molecule has 8 heteroatoms. The first-order valence-corrected chi connectivity index (χ1v) is 13.8. The zero-order valence-corrected chi connectivity index (χ0v) is 21.6. The van der Waals surface area contributed by atoms with Crippen molar-refractivity contribution in [1.82, 2.24) is 26.3 Å². The number of rotatable bonds is 0. The summed E-state index contributed by atoms with van der Waals surface area (Å²) in [7, 11) is 0. The SMILES string of the molecule is c1ccc2c(c1)C1=NC2NC2NC(NC3N[C@@H](Nc4[nH]c(c5ccccc45)N1)c1ccccc13)c1ccccc12. The van der Waals surface area contributed by atoms with Gasteiger partial charge in [-0.05, 0) is 22.3 Å². The number of amidine groups is 1. The van der Waals surface area contributed by atoms with Gasteiger partial charge in [-0.3, -0.25) is 21.3 Å². The lowest BCUT2D eigenvalue weighted by Crippen LogP contribution is -2.41. The third kappa shape index (κ3) is 3.31. The largest absolute Gasteiger partial charge is 0.352 e. The maximum atomic E-state index is 5.17. The number of benzene rings is 4. The Labute approximate surface area is 231 Å². The van der Waals surface area contributed by atoms with Crippen molar-refractivity contribution in [1.29, 1.82) is 0 Å². The van der Waals surface area contributed by atoms with Crippen LogP contribution >= 0.6 is 0 Å². The summed E-state index contributed by atoms with van der Waals surface area (Å²) >= 11 is 0. The predicted octanol–water partition coefficient (Wildman–Crippen LogP) is 5.24. The van der Waals surface area contributed by atoms with Crippen molar-refractivity contribution in [3.05, 3.63) is 130 Å². The minimum Gasteiger partial charge on any atom is -0.352 e. The molecule has 0 spiro atoms. The third-order valence-electron chi connectivity index (χ3n) is 8.58. The molecule has 0 saturated carbocycles. The highest BCUT2D eigenvalue weighted by atomic mass is 15.3. The minimum atomic E-state index is -0.190. The summed E-state index contributed by atoms with van der Waals surface area (Å²) in [4.78, 5) is 8.82. The van der Waals surface area contributed by atoms with E-state index in [1.807, 2.05) is 0 Å². The summed E-state index contributed by atoms with van der Waals surface area (Å²) in [6.07, 6.45) is -0.407. The van der Waals surface area contributed by atoms with Crippen LogP contribution in [0.2, 0.25) is 0 Å². The van der Waals surface area contributed by atoms with Gasteiger partial charge in [-0.15, -0.1) is 0 Å². The molecule has 0 radical (unpaired) electrons. The van der Waals surface area contributed by atoms with Gasteiger partial charge >= 0.3 is 0 Å². The van der Waals surface area contributed by atoms with Gasteiger partial charge in [0.2, 0.25) is 0 Å². The van der Waals surface area contributed by atoms with E-state index in [2.05, 4.69) is 134 Å². The fraction of sp³-hybridized carbons (Fsp3) is 0.156. The van der Waals surface area contributed by atoms with Crippen LogP contribution in [0, 0.1) is 0 Å². The van der Waals surface area contributed by atoms with E-state index in [-0.39, 0.29) is 30.8 Å². The normalized spacial score (nSPS) is 25.9. The molecule has 40 heavy (non-hydrogen) atoms. The molecule has 4 aliphatic rings. The predicted molar refractivity (Wildman–Crippen MR) is 158 cm³/mol. The Hall–Kier alpha value is -4.47. The van der Waals surface area contributed by atoms with Crippen molar-refractivity contribution >= 4 is 28.2 Å². The van der Waals surface area contributed by atoms with Crippen molar-refractivity contribution in [2.75, 3.05) is 10.6 Å². The van der Waals surface area contributed by atoms with Crippen molar-refractivity contribution in [2.24, 2.45) is 4.99 Å². The Kier molecular flexibility index (Phi) is 4.76. The van der Waals surface area contributed by atoms with Gasteiger partial charge in [0.1, 0.15) is 29.8 Å². The maximum Gasteiger partial charge on any atom is 0.136 e. The average molecular weight is 525 g/mol. The van der Waals surface area contributed by atoms with E-state index in [1.165, 1.54) is 22.3 Å². The summed E-state index contributed by atoms with van der Waals surface area (Å²) in [5.74, 6) is 2.73. The molecule has 0 amide bonds. The first kappa shape index (κ1) is 22.4. The average Bonchev–Trinajstić information content (AvgIpc) is 3.73. The van der Waals surface area contributed by atoms with Gasteiger partial charge in [0.25, 0.3) is 0 Å². The molecular formula is C32H28N8. The Morgan fingerprint density at radius 3 is 1.65 bits per heavy atom. The van der Waals surface area contributed by atoms with Gasteiger partial charge in [0, 0.05) is 21.9 Å². The van der Waals surface area contributed by atoms with Crippen LogP contribution in [0.25, 0.3) is 10.8 Å². The van der Waals surface area contributed by atoms with Crippen LogP contribution in [0.1, 0.15) is 64.2 Å². The number of anilines is 2. The number of hydrogen-bond acceptors (Lipinski definition) is 7. The molecule has 1 aromatic heterocycles. The molecule has 0 fully saturated rings. The molecule has 5 heterocycles. The quantitative estimate of drug-likeness (QED) is 0.150. The lowest BCUT2D eigenvalue weighted by Gasteiger charge is -2.24. The number of fused-ring (bicyclic) bond motifs is 19. The van der Waals surface area contributed by atoms with Crippen LogP contribution in [-0.2, 0) is 0 Å². The number of nitrogens with one attached hydrogen (secondary N) is 7. The van der Waals surface area contributed by atoms with E-state index in [9.17, 15) is 0 Å². The molecule has 0 aliphatic carbocycles. The Bertz CT molecular complexity index is 1820. The second-order valence-corrected chi connectivity index (χ2v) is 10.8. The molecule has 4 aliphatic heterocycles. The monoisotopic (exact) mass is 524 g/mol. The third-order valence-corrected chi connectivity index (χ3v) is 8.58. The van der Waals surface area contributed by atoms with E-state index in [1.54, 1.807) is 0 Å². The molecule has 8 nitrogen and oxygen atoms in total. The van der Waals surface area contributed by atoms with E-state index in [4.69, 9.17) is 4.99 Å². The molecular weight excluding hydrogens is 496 g/mol. The number of aromatic amines is 1. The highest BCUT2D eigenvalue weighted by molar-refractivity contribution is 6.15. The van der Waals surface area contributed by atoms with Gasteiger partial charge < -0.3 is 15.6 Å². The van der Waals surface area contributed by atoms with Crippen LogP contribution in [0.5, 0.6) is 0 Å². The van der Waals surface area contributed by atoms with Crippen molar-refractivity contribution in [3.8, 4) is 0 Å². The van der Waals surface area contributed by atoms with Gasteiger partial charge in [-0.1, -0.05) is 97.1 Å². The minimum absolute atomic E-state index is 0.0398. The van der Waals surface area contributed by atoms with E-state index in [0.29, 0.717) is 0 Å². The lowest BCUT2D eigenvalue weighted by atomic mass is 10.0. The van der Waals surface area contributed by atoms with Crippen LogP contribution in [0.4, 0.5) is 11.6 Å². The standard InChI is InChI=1S/C32H28N8/c1-2-10-18-17(9-1)25-33-26(18)38-28-21-13-5-6-14-22(21)30(35-28)40-32-24-16-8-7-15-23(24)31(36-32)39-29-20-12-4-3-11-19(20)27(34-29)37-25/h1-16,25-29,33-34,36-39H,(H,35,40)/t25?,26?,27?,28?,29-/m0/s1. The second kappa shape index (κ2) is 8.51. The van der Waals surface area contributed by atoms with Crippen LogP contribution in [0.15, 0.2) is 102 Å². The number of H-pyrrole nitrogens is 1. The van der Waals surface area contributed by atoms with E-state index in [0.717, 1.165) is 39.4 Å². The number of nitrogens with zero attached hydrogens (tertiary/aromatic N) is 1. The van der Waals surface area contributed by atoms with Crippen LogP contribution < -0.4 is 31.9 Å². The van der Waals surface area contributed by atoms with Crippen molar-refractivity contribution < 1.29 is 0 Å². The van der Waals surface area contributed by atoms with Gasteiger partial charge in [0.05, 0.1) is 18.5 Å². The first-order chi connectivity index (χ1) is 19.8. The summed E-state index contributed by atoms with van der Waals surface area (Å²) in [5, 5.41) is 25.0. The van der Waals surface area contributed by atoms with Crippen LogP contribution in [-0.4, -0.2) is 10.8 Å². The van der Waals surface area contributed by atoms with E-state index >= 15 is 0 Å². The number of aliphatic imine (C=N–C) groups is 1. The highest BCUT2D eigenvalue weighted by Crippen LogP contribution is 2.40. The van der Waals surface area contributed by atoms with Gasteiger partial charge in [-0.2, -0.15) is 0 Å². The Balaban J connectivity index is 1.21. The molecule has 5 atom stereocenters. The number of hydrogen-bond donors (Lipinski definition) is 7. The molecule has 196 valence electrons. The van der Waals surface area contributed by atoms with E-state index < -0.39 is 0 Å². The Morgan fingerprint density at radius 2 is 0.975 bits per heavy atom. The molecule has 0 saturated heterocycles. The topological polar surface area (TPSA) is 100 Å². The van der Waals surface area contributed by atoms with Gasteiger partial charge in [0.15, 0.2) is 0 Å². The maximum absolute atomic E-state index is 5.17. The second-order valence-electron chi connectivity index (χ2n) is 10.8. The molecule has 9 rings (SSSR count). The molecule has 4 aromatic carbocycles. The van der Waals surface area contributed by atoms with Crippen molar-refractivity contribution in [3.63, 3.8) is 0 Å². The Morgan fingerprint density at radius 1 is 0.475 bits per heavy atom. The fourth-order valence-electron chi connectivity index (χ4n) is 6.72. The first-order valence-electron chi connectivity index (χ1n) is 13.8. The highest BCUT2D eigenvalue weighted by Gasteiger charge is 2.38. The fourth-order valence-corrected chi connectivity index (χ4v) is 6.72. The molecule has 7 N–H and O–H groups in total. The van der Waals surface area contributed by atoms with Gasteiger partial charge in [-0.25, -0.2) is 4.99 Å². The zero-order valence-electron chi connectivity index (χ0n) is 21.6.